The van der Waals surface area contributed by atoms with E-state index in [1.54, 1.807) is 7.11 Å². The summed E-state index contributed by atoms with van der Waals surface area (Å²) in [4.78, 5) is 4.46. The Hall–Kier alpha value is -1.22. The Morgan fingerprint density at radius 3 is 2.87 bits per heavy atom. The number of para-hydroxylation sites is 1. The third kappa shape index (κ3) is 2.07. The van der Waals surface area contributed by atoms with Crippen LogP contribution in [0, 0.1) is 0 Å². The molecule has 15 heavy (non-hydrogen) atoms. The van der Waals surface area contributed by atoms with Gasteiger partial charge in [0, 0.05) is 10.9 Å². The van der Waals surface area contributed by atoms with Crippen molar-refractivity contribution in [3.8, 4) is 5.88 Å². The summed E-state index contributed by atoms with van der Waals surface area (Å²) < 4.78 is 5.26. The first-order chi connectivity index (χ1) is 7.35. The highest BCUT2D eigenvalue weighted by atomic mass is 32.1. The Morgan fingerprint density at radius 1 is 1.33 bits per heavy atom. The van der Waals surface area contributed by atoms with Crippen molar-refractivity contribution in [2.75, 3.05) is 12.9 Å². The summed E-state index contributed by atoms with van der Waals surface area (Å²) in [6, 6.07) is 10.2. The molecule has 0 aliphatic heterocycles. The van der Waals surface area contributed by atoms with Gasteiger partial charge in [0.15, 0.2) is 0 Å². The van der Waals surface area contributed by atoms with Crippen molar-refractivity contribution in [2.24, 2.45) is 0 Å². The predicted octanol–water partition coefficient (Wildman–Crippen LogP) is 2.72. The number of hydrogen-bond acceptors (Lipinski definition) is 3. The Kier molecular flexibility index (Phi) is 3.11. The van der Waals surface area contributed by atoms with Gasteiger partial charge in [-0.3, -0.25) is 0 Å². The highest BCUT2D eigenvalue weighted by molar-refractivity contribution is 7.80. The van der Waals surface area contributed by atoms with Crippen LogP contribution < -0.4 is 4.74 Å². The van der Waals surface area contributed by atoms with E-state index < -0.39 is 0 Å². The van der Waals surface area contributed by atoms with E-state index >= 15 is 0 Å². The molecule has 1 heterocycles. The number of benzene rings is 1. The third-order valence-electron chi connectivity index (χ3n) is 2.34. The van der Waals surface area contributed by atoms with Crippen molar-refractivity contribution in [1.29, 1.82) is 0 Å². The fraction of sp³-hybridized carbons (Fsp3) is 0.250. The van der Waals surface area contributed by atoms with E-state index in [1.807, 2.05) is 18.2 Å². The minimum Gasteiger partial charge on any atom is -0.481 e. The van der Waals surface area contributed by atoms with Crippen LogP contribution in [0.2, 0.25) is 0 Å². The maximum Gasteiger partial charge on any atom is 0.216 e. The molecule has 0 aliphatic rings. The Bertz CT molecular complexity index is 470. The highest BCUT2D eigenvalue weighted by Gasteiger charge is 2.05. The van der Waals surface area contributed by atoms with Crippen molar-refractivity contribution in [3.05, 3.63) is 35.9 Å². The summed E-state index contributed by atoms with van der Waals surface area (Å²) in [6.07, 6.45) is 0.879. The van der Waals surface area contributed by atoms with Crippen LogP contribution in [0.5, 0.6) is 5.88 Å². The summed E-state index contributed by atoms with van der Waals surface area (Å²) in [5.41, 5.74) is 2.09. The lowest BCUT2D eigenvalue weighted by atomic mass is 10.1. The van der Waals surface area contributed by atoms with Gasteiger partial charge in [-0.15, -0.1) is 0 Å². The SMILES string of the molecule is COc1nc2ccccc2cc1CCS. The zero-order valence-electron chi connectivity index (χ0n) is 8.60. The zero-order chi connectivity index (χ0) is 10.7. The molecular formula is C12H13NOS. The summed E-state index contributed by atoms with van der Waals surface area (Å²) in [7, 11) is 1.65. The van der Waals surface area contributed by atoms with Crippen LogP contribution in [0.4, 0.5) is 0 Å². The van der Waals surface area contributed by atoms with Crippen LogP contribution in [0.3, 0.4) is 0 Å². The van der Waals surface area contributed by atoms with E-state index in [9.17, 15) is 0 Å². The lowest BCUT2D eigenvalue weighted by Crippen LogP contribution is -1.96. The maximum absolute atomic E-state index is 5.26. The lowest BCUT2D eigenvalue weighted by molar-refractivity contribution is 0.395. The molecule has 0 saturated heterocycles. The number of rotatable bonds is 3. The molecule has 3 heteroatoms. The smallest absolute Gasteiger partial charge is 0.216 e. The van der Waals surface area contributed by atoms with Crippen molar-refractivity contribution < 1.29 is 4.74 Å². The standard InChI is InChI=1S/C12H13NOS/c1-14-12-10(6-7-15)8-9-4-2-3-5-11(9)13-12/h2-5,8,15H,6-7H2,1H3. The third-order valence-corrected chi connectivity index (χ3v) is 2.56. The molecule has 0 aliphatic carbocycles. The van der Waals surface area contributed by atoms with Crippen LogP contribution in [-0.2, 0) is 6.42 Å². The Labute approximate surface area is 94.7 Å². The number of ether oxygens (including phenoxy) is 1. The van der Waals surface area contributed by atoms with Gasteiger partial charge in [-0.05, 0) is 24.3 Å². The number of thiol groups is 1. The molecule has 0 atom stereocenters. The van der Waals surface area contributed by atoms with Crippen molar-refractivity contribution in [1.82, 2.24) is 4.98 Å². The number of nitrogens with zero attached hydrogens (tertiary/aromatic N) is 1. The second-order valence-corrected chi connectivity index (χ2v) is 3.77. The molecule has 0 spiro atoms. The minimum absolute atomic E-state index is 0.711. The van der Waals surface area contributed by atoms with Crippen molar-refractivity contribution >= 4 is 23.5 Å². The number of aryl methyl sites for hydroxylation is 1. The summed E-state index contributed by atoms with van der Waals surface area (Å²) in [5.74, 6) is 1.51. The number of pyridine rings is 1. The van der Waals surface area contributed by atoms with Crippen molar-refractivity contribution in [3.63, 3.8) is 0 Å². The van der Waals surface area contributed by atoms with Crippen LogP contribution in [-0.4, -0.2) is 17.8 Å². The van der Waals surface area contributed by atoms with Crippen molar-refractivity contribution in [2.45, 2.75) is 6.42 Å². The van der Waals surface area contributed by atoms with E-state index in [2.05, 4.69) is 29.7 Å². The first-order valence-electron chi connectivity index (χ1n) is 4.88. The molecule has 2 rings (SSSR count). The van der Waals surface area contributed by atoms with Gasteiger partial charge in [-0.25, -0.2) is 4.98 Å². The fourth-order valence-electron chi connectivity index (χ4n) is 1.62. The first-order valence-corrected chi connectivity index (χ1v) is 5.52. The predicted molar refractivity (Wildman–Crippen MR) is 65.9 cm³/mol. The van der Waals surface area contributed by atoms with Gasteiger partial charge in [0.1, 0.15) is 0 Å². The van der Waals surface area contributed by atoms with Crippen LogP contribution in [0.1, 0.15) is 5.56 Å². The summed E-state index contributed by atoms with van der Waals surface area (Å²) in [6.45, 7) is 0. The molecular weight excluding hydrogens is 206 g/mol. The van der Waals surface area contributed by atoms with E-state index in [-0.39, 0.29) is 0 Å². The zero-order valence-corrected chi connectivity index (χ0v) is 9.50. The van der Waals surface area contributed by atoms with Crippen LogP contribution in [0.25, 0.3) is 10.9 Å². The lowest BCUT2D eigenvalue weighted by Gasteiger charge is -2.07. The molecule has 1 aromatic heterocycles. The van der Waals surface area contributed by atoms with Gasteiger partial charge in [0.25, 0.3) is 0 Å². The van der Waals surface area contributed by atoms with E-state index in [1.165, 1.54) is 0 Å². The fourth-order valence-corrected chi connectivity index (χ4v) is 1.86. The largest absolute Gasteiger partial charge is 0.481 e. The van der Waals surface area contributed by atoms with Crippen LogP contribution >= 0.6 is 12.6 Å². The molecule has 2 aromatic rings. The van der Waals surface area contributed by atoms with E-state index in [0.29, 0.717) is 5.88 Å². The molecule has 0 fully saturated rings. The van der Waals surface area contributed by atoms with Gasteiger partial charge in [-0.1, -0.05) is 18.2 Å². The molecule has 0 N–H and O–H groups in total. The first kappa shape index (κ1) is 10.3. The van der Waals surface area contributed by atoms with E-state index in [4.69, 9.17) is 4.74 Å². The molecule has 0 amide bonds. The average Bonchev–Trinajstić information content (AvgIpc) is 2.28. The average molecular weight is 219 g/mol. The molecule has 1 aromatic carbocycles. The number of hydrogen-bond donors (Lipinski definition) is 1. The van der Waals surface area contributed by atoms with Gasteiger partial charge < -0.3 is 4.74 Å². The quantitative estimate of drug-likeness (QED) is 0.802. The van der Waals surface area contributed by atoms with Gasteiger partial charge >= 0.3 is 0 Å². The van der Waals surface area contributed by atoms with E-state index in [0.717, 1.165) is 28.6 Å². The molecule has 0 bridgehead atoms. The van der Waals surface area contributed by atoms with Gasteiger partial charge in [-0.2, -0.15) is 12.6 Å². The highest BCUT2D eigenvalue weighted by Crippen LogP contribution is 2.22. The monoisotopic (exact) mass is 219 g/mol. The maximum atomic E-state index is 5.26. The second-order valence-electron chi connectivity index (χ2n) is 3.32. The summed E-state index contributed by atoms with van der Waals surface area (Å²) >= 11 is 4.23. The number of aromatic nitrogens is 1. The number of methoxy groups -OCH3 is 1. The molecule has 2 nitrogen and oxygen atoms in total. The molecule has 0 saturated carbocycles. The minimum atomic E-state index is 0.711. The Balaban J connectivity index is 2.58. The molecule has 78 valence electrons. The van der Waals surface area contributed by atoms with Gasteiger partial charge in [0.2, 0.25) is 5.88 Å². The Morgan fingerprint density at radius 2 is 2.13 bits per heavy atom. The molecule has 0 radical (unpaired) electrons. The number of fused-ring (bicyclic) bond motifs is 1. The molecule has 0 unspecified atom stereocenters. The van der Waals surface area contributed by atoms with Crippen LogP contribution in [0.15, 0.2) is 30.3 Å². The topological polar surface area (TPSA) is 22.1 Å². The second kappa shape index (κ2) is 4.53. The normalized spacial score (nSPS) is 10.5. The summed E-state index contributed by atoms with van der Waals surface area (Å²) in [5, 5.41) is 1.15. The van der Waals surface area contributed by atoms with Gasteiger partial charge in [0.05, 0.1) is 12.6 Å².